The molecule has 1 N–H and O–H groups in total. The second kappa shape index (κ2) is 12.2. The highest BCUT2D eigenvalue weighted by atomic mass is 16.6. The van der Waals surface area contributed by atoms with Crippen molar-refractivity contribution in [3.05, 3.63) is 48.3 Å². The van der Waals surface area contributed by atoms with Gasteiger partial charge in [-0.15, -0.1) is 0 Å². The van der Waals surface area contributed by atoms with Gasteiger partial charge in [0.15, 0.2) is 17.7 Å². The SMILES string of the molecule is C=CCOC(=O)N1c2cc(OCCCC(=O)Nc3cc(C)n(C)c3)c(OC)cc2C(=O)N2CCC[C@H]2[C@@H]1OC. The summed E-state index contributed by atoms with van der Waals surface area (Å²) in [5.74, 6) is 0.341. The number of rotatable bonds is 10. The van der Waals surface area contributed by atoms with Gasteiger partial charge in [-0.25, -0.2) is 9.69 Å². The van der Waals surface area contributed by atoms with Crippen LogP contribution in [0.5, 0.6) is 11.5 Å². The molecule has 3 heterocycles. The number of fused-ring (bicyclic) bond motifs is 2. The molecule has 1 aromatic carbocycles. The number of anilines is 2. The minimum absolute atomic E-state index is 0.00749. The summed E-state index contributed by atoms with van der Waals surface area (Å²) in [4.78, 5) is 42.3. The van der Waals surface area contributed by atoms with E-state index in [4.69, 9.17) is 18.9 Å². The predicted octanol–water partition coefficient (Wildman–Crippen LogP) is 3.86. The van der Waals surface area contributed by atoms with Crippen LogP contribution in [0.1, 0.15) is 41.7 Å². The molecule has 11 nitrogen and oxygen atoms in total. The predicted molar refractivity (Wildman–Crippen MR) is 145 cm³/mol. The number of ether oxygens (including phenoxy) is 4. The van der Waals surface area contributed by atoms with Crippen LogP contribution in [0.2, 0.25) is 0 Å². The van der Waals surface area contributed by atoms with E-state index < -0.39 is 12.3 Å². The van der Waals surface area contributed by atoms with Crippen molar-refractivity contribution < 1.29 is 33.3 Å². The van der Waals surface area contributed by atoms with Gasteiger partial charge >= 0.3 is 6.09 Å². The Morgan fingerprint density at radius 1 is 1.21 bits per heavy atom. The minimum Gasteiger partial charge on any atom is -0.493 e. The summed E-state index contributed by atoms with van der Waals surface area (Å²) in [6, 6.07) is 4.76. The quantitative estimate of drug-likeness (QED) is 0.360. The van der Waals surface area contributed by atoms with E-state index in [1.807, 2.05) is 30.8 Å². The Bertz CT molecular complexity index is 1220. The highest BCUT2D eigenvalue weighted by Crippen LogP contribution is 2.42. The first kappa shape index (κ1) is 28.0. The number of amides is 3. The van der Waals surface area contributed by atoms with Crippen molar-refractivity contribution in [2.45, 2.75) is 44.9 Å². The van der Waals surface area contributed by atoms with Crippen molar-refractivity contribution in [2.24, 2.45) is 7.05 Å². The van der Waals surface area contributed by atoms with Crippen LogP contribution in [0, 0.1) is 6.92 Å². The normalized spacial score (nSPS) is 18.2. The fourth-order valence-corrected chi connectivity index (χ4v) is 5.04. The summed E-state index contributed by atoms with van der Waals surface area (Å²) >= 11 is 0. The van der Waals surface area contributed by atoms with E-state index in [1.165, 1.54) is 25.2 Å². The standard InChI is InChI=1S/C28H36N4O7/c1-6-12-39-28(35)32-22-16-24(38-13-8-10-25(33)29-19-14-18(2)30(3)17-19)23(36-4)15-20(22)26(34)31-11-7-9-21(31)27(32)37-5/h6,14-17,21,27H,1,7-13H2,2-5H3,(H,29,33)/t21-,27-/m0/s1. The molecular weight excluding hydrogens is 504 g/mol. The lowest BCUT2D eigenvalue weighted by Crippen LogP contribution is -2.52. The summed E-state index contributed by atoms with van der Waals surface area (Å²) in [5.41, 5.74) is 2.39. The lowest BCUT2D eigenvalue weighted by atomic mass is 10.1. The fourth-order valence-electron chi connectivity index (χ4n) is 5.04. The van der Waals surface area contributed by atoms with Crippen molar-refractivity contribution in [1.29, 1.82) is 0 Å². The van der Waals surface area contributed by atoms with Crippen LogP contribution in [0.4, 0.5) is 16.2 Å². The average molecular weight is 541 g/mol. The van der Waals surface area contributed by atoms with E-state index in [0.717, 1.165) is 17.8 Å². The Kier molecular flexibility index (Phi) is 8.80. The number of aryl methyl sites for hydroxylation is 2. The van der Waals surface area contributed by atoms with Crippen LogP contribution in [0.15, 0.2) is 37.1 Å². The first-order chi connectivity index (χ1) is 18.8. The number of aromatic nitrogens is 1. The third-order valence-corrected chi connectivity index (χ3v) is 7.02. The molecule has 3 amide bonds. The molecule has 11 heteroatoms. The maximum absolute atomic E-state index is 13.6. The molecule has 0 unspecified atom stereocenters. The molecule has 2 aliphatic heterocycles. The number of carbonyl (C=O) groups excluding carboxylic acids is 3. The summed E-state index contributed by atoms with van der Waals surface area (Å²) < 4.78 is 24.6. The van der Waals surface area contributed by atoms with E-state index in [1.54, 1.807) is 17.0 Å². The first-order valence-electron chi connectivity index (χ1n) is 13.0. The topological polar surface area (TPSA) is 112 Å². The molecule has 1 fully saturated rings. The lowest BCUT2D eigenvalue weighted by Gasteiger charge is -2.34. The van der Waals surface area contributed by atoms with Gasteiger partial charge < -0.3 is 33.7 Å². The molecule has 2 aromatic rings. The summed E-state index contributed by atoms with van der Waals surface area (Å²) in [5, 5.41) is 2.88. The Hall–Kier alpha value is -3.99. The highest BCUT2D eigenvalue weighted by Gasteiger charge is 2.46. The van der Waals surface area contributed by atoms with Crippen molar-refractivity contribution in [3.63, 3.8) is 0 Å². The summed E-state index contributed by atoms with van der Waals surface area (Å²) in [7, 11) is 4.91. The van der Waals surface area contributed by atoms with Crippen LogP contribution in [-0.4, -0.2) is 73.6 Å². The van der Waals surface area contributed by atoms with Gasteiger partial charge in [0.1, 0.15) is 6.61 Å². The number of nitrogens with one attached hydrogen (secondary N) is 1. The molecule has 4 rings (SSSR count). The van der Waals surface area contributed by atoms with Crippen molar-refractivity contribution in [2.75, 3.05) is 44.2 Å². The molecule has 1 saturated heterocycles. The van der Waals surface area contributed by atoms with Gasteiger partial charge in [-0.3, -0.25) is 9.59 Å². The van der Waals surface area contributed by atoms with Gasteiger partial charge in [0.2, 0.25) is 5.91 Å². The van der Waals surface area contributed by atoms with E-state index >= 15 is 0 Å². The Morgan fingerprint density at radius 2 is 2.00 bits per heavy atom. The Balaban J connectivity index is 1.55. The van der Waals surface area contributed by atoms with Gasteiger partial charge in [-0.1, -0.05) is 12.7 Å². The van der Waals surface area contributed by atoms with Crippen LogP contribution in [0.25, 0.3) is 0 Å². The van der Waals surface area contributed by atoms with Crippen molar-refractivity contribution in [3.8, 4) is 11.5 Å². The molecule has 210 valence electrons. The van der Waals surface area contributed by atoms with Crippen LogP contribution in [0.3, 0.4) is 0 Å². The van der Waals surface area contributed by atoms with Crippen molar-refractivity contribution in [1.82, 2.24) is 9.47 Å². The molecule has 2 aliphatic rings. The molecular formula is C28H36N4O7. The molecule has 0 radical (unpaired) electrons. The molecule has 39 heavy (non-hydrogen) atoms. The van der Waals surface area contributed by atoms with Gasteiger partial charge in [-0.2, -0.15) is 0 Å². The minimum atomic E-state index is -0.749. The molecule has 0 aliphatic carbocycles. The van der Waals surface area contributed by atoms with E-state index in [2.05, 4.69) is 11.9 Å². The first-order valence-corrected chi connectivity index (χ1v) is 13.0. The zero-order valence-electron chi connectivity index (χ0n) is 22.9. The third kappa shape index (κ3) is 5.88. The Morgan fingerprint density at radius 3 is 2.67 bits per heavy atom. The van der Waals surface area contributed by atoms with E-state index in [9.17, 15) is 14.4 Å². The maximum atomic E-state index is 13.6. The number of benzene rings is 1. The molecule has 1 aromatic heterocycles. The summed E-state index contributed by atoms with van der Waals surface area (Å²) in [6.45, 7) is 6.35. The zero-order chi connectivity index (χ0) is 28.1. The molecule has 2 atom stereocenters. The maximum Gasteiger partial charge on any atom is 0.416 e. The van der Waals surface area contributed by atoms with Gasteiger partial charge in [0.05, 0.1) is 36.7 Å². The van der Waals surface area contributed by atoms with Gasteiger partial charge in [0, 0.05) is 45.1 Å². The molecule has 0 saturated carbocycles. The van der Waals surface area contributed by atoms with E-state index in [0.29, 0.717) is 42.1 Å². The van der Waals surface area contributed by atoms with Crippen LogP contribution < -0.4 is 19.7 Å². The van der Waals surface area contributed by atoms with Gasteiger partial charge in [0.25, 0.3) is 5.91 Å². The number of hydrogen-bond donors (Lipinski definition) is 1. The van der Waals surface area contributed by atoms with E-state index in [-0.39, 0.29) is 37.5 Å². The molecule has 0 bridgehead atoms. The van der Waals surface area contributed by atoms with Gasteiger partial charge in [-0.05, 0) is 38.3 Å². The van der Waals surface area contributed by atoms with Crippen LogP contribution in [-0.2, 0) is 21.3 Å². The third-order valence-electron chi connectivity index (χ3n) is 7.02. The lowest BCUT2D eigenvalue weighted by molar-refractivity contribution is -0.116. The number of methoxy groups -OCH3 is 2. The number of carbonyl (C=O) groups is 3. The van der Waals surface area contributed by atoms with Crippen LogP contribution >= 0.6 is 0 Å². The number of hydrogen-bond acceptors (Lipinski definition) is 7. The number of nitrogens with zero attached hydrogens (tertiary/aromatic N) is 3. The largest absolute Gasteiger partial charge is 0.493 e. The smallest absolute Gasteiger partial charge is 0.416 e. The average Bonchev–Trinajstić information content (AvgIpc) is 3.51. The highest BCUT2D eigenvalue weighted by molar-refractivity contribution is 6.06. The summed E-state index contributed by atoms with van der Waals surface area (Å²) in [6.07, 6.45) is 4.11. The Labute approximate surface area is 228 Å². The second-order valence-corrected chi connectivity index (χ2v) is 9.57. The van der Waals surface area contributed by atoms with Crippen molar-refractivity contribution >= 4 is 29.3 Å². The fraction of sp³-hybridized carbons (Fsp3) is 0.464. The monoisotopic (exact) mass is 540 g/mol. The second-order valence-electron chi connectivity index (χ2n) is 9.57. The molecule has 0 spiro atoms. The zero-order valence-corrected chi connectivity index (χ0v) is 22.9.